The Morgan fingerprint density at radius 2 is 1.26 bits per heavy atom. The monoisotopic (exact) mass is 804 g/mol. The van der Waals surface area contributed by atoms with Crippen LogP contribution >= 0.6 is 46.2 Å². The number of nitrogens with one attached hydrogen (secondary N) is 1. The first-order valence-electron chi connectivity index (χ1n) is 16.2. The number of nitrogens with two attached hydrogens (primary N) is 1. The number of carboxylic acid groups (broad SMARTS) is 3. The number of aliphatic carboxylic acids is 3. The van der Waals surface area contributed by atoms with Gasteiger partial charge < -0.3 is 36.2 Å². The van der Waals surface area contributed by atoms with Gasteiger partial charge in [-0.3, -0.25) is 33.6 Å². The number of fused-ring (bicyclic) bond motifs is 2. The number of carboxylic acids is 3. The number of thioether (sulfide) groups is 2. The van der Waals surface area contributed by atoms with Gasteiger partial charge in [-0.2, -0.15) is 0 Å². The number of rotatable bonds is 15. The molecule has 2 aromatic heterocycles. The summed E-state index contributed by atoms with van der Waals surface area (Å²) in [7, 11) is 0. The molecule has 2 aromatic rings. The van der Waals surface area contributed by atoms with Crippen molar-refractivity contribution in [3.8, 4) is 0 Å². The van der Waals surface area contributed by atoms with Crippen LogP contribution in [0.25, 0.3) is 11.1 Å². The Morgan fingerprint density at radius 3 is 1.75 bits per heavy atom. The number of aromatic nitrogens is 2. The summed E-state index contributed by atoms with van der Waals surface area (Å²) in [6.07, 6.45) is 1.61. The van der Waals surface area contributed by atoms with Crippen molar-refractivity contribution in [1.82, 2.24) is 19.8 Å². The van der Waals surface area contributed by atoms with Crippen LogP contribution in [-0.4, -0.2) is 117 Å². The van der Waals surface area contributed by atoms with E-state index < -0.39 is 94.7 Å². The van der Waals surface area contributed by atoms with Crippen molar-refractivity contribution in [2.75, 3.05) is 22.6 Å². The molecule has 6 rings (SSSR count). The van der Waals surface area contributed by atoms with E-state index in [0.29, 0.717) is 24.3 Å². The number of ketones is 2. The van der Waals surface area contributed by atoms with Gasteiger partial charge in [0.05, 0.1) is 46.8 Å². The van der Waals surface area contributed by atoms with E-state index in [1.807, 2.05) is 0 Å². The number of allylic oxidation sites excluding steroid dienone is 2. The molecule has 6 N–H and O–H groups in total. The summed E-state index contributed by atoms with van der Waals surface area (Å²) >= 11 is 4.88. The van der Waals surface area contributed by atoms with Gasteiger partial charge in [0.15, 0.2) is 21.8 Å². The first kappa shape index (κ1) is 38.1. The van der Waals surface area contributed by atoms with E-state index in [1.165, 1.54) is 56.2 Å². The van der Waals surface area contributed by atoms with E-state index in [2.05, 4.69) is 15.3 Å². The second-order valence-corrected chi connectivity index (χ2v) is 16.7. The Kier molecular flexibility index (Phi) is 11.4. The molecule has 17 nitrogen and oxygen atoms in total. The molecule has 3 amide bonds. The number of carbonyl (C=O) groups excluding carboxylic acids is 5. The predicted octanol–water partition coefficient (Wildman–Crippen LogP) is 2.12. The van der Waals surface area contributed by atoms with E-state index in [0.717, 1.165) is 22.7 Å². The van der Waals surface area contributed by atoms with Crippen LogP contribution in [0, 0.1) is 11.8 Å². The van der Waals surface area contributed by atoms with Crippen LogP contribution in [-0.2, 0) is 38.4 Å². The topological polar surface area (TPSA) is 268 Å². The standard InChI is InChI=1S/C32H32N6O11S4/c33-31-34-17(11-52-31)13(1-3-23(41)42)21(39)9-15-26(46)37-19(5-7-50-28(15)37)25(45)36-32-35-18(12-53-32)14(2-4-24(43)44)22(40)10-16-27(47)38-20(30(48)49)6-8-51-29(16)38/h1-2,11-12,15-16,19-20,28-29H,3-10H2,(H2,33,34)(H,41,42)(H,43,44)(H,48,49)(H,35,36,45)/b13-1-,14-2-/t15-,16-,19?,20?,28-,29-/m1/s1. The number of Topliss-reactive ketones (excluding diaryl/α,β-unsaturated/α-hetero) is 2. The number of nitrogen functional groups attached to an aromatic ring is 1. The van der Waals surface area contributed by atoms with Gasteiger partial charge in [0.2, 0.25) is 17.7 Å². The minimum absolute atomic E-state index is 0.0531. The number of hydrogen-bond acceptors (Lipinski definition) is 15. The van der Waals surface area contributed by atoms with Crippen molar-refractivity contribution in [1.29, 1.82) is 0 Å². The van der Waals surface area contributed by atoms with E-state index in [-0.39, 0.29) is 45.6 Å². The number of amides is 3. The third kappa shape index (κ3) is 7.87. The van der Waals surface area contributed by atoms with Gasteiger partial charge in [-0.1, -0.05) is 12.2 Å². The molecule has 4 fully saturated rings. The number of β-lactam (4-membered cyclic amide) rings is 2. The molecule has 0 spiro atoms. The smallest absolute Gasteiger partial charge is 0.326 e. The molecule has 0 radical (unpaired) electrons. The van der Waals surface area contributed by atoms with Crippen molar-refractivity contribution >= 4 is 115 Å². The predicted molar refractivity (Wildman–Crippen MR) is 195 cm³/mol. The molecule has 0 bridgehead atoms. The zero-order chi connectivity index (χ0) is 38.1. The molecule has 0 saturated carbocycles. The van der Waals surface area contributed by atoms with Gasteiger partial charge in [0.1, 0.15) is 12.1 Å². The van der Waals surface area contributed by atoms with Crippen molar-refractivity contribution in [3.05, 3.63) is 34.3 Å². The third-order valence-electron chi connectivity index (χ3n) is 9.18. The molecule has 53 heavy (non-hydrogen) atoms. The van der Waals surface area contributed by atoms with Gasteiger partial charge in [-0.05, 0) is 24.3 Å². The highest BCUT2D eigenvalue weighted by molar-refractivity contribution is 8.00. The van der Waals surface area contributed by atoms with Gasteiger partial charge >= 0.3 is 17.9 Å². The molecule has 280 valence electrons. The van der Waals surface area contributed by atoms with E-state index in [4.69, 9.17) is 10.8 Å². The molecule has 6 atom stereocenters. The average Bonchev–Trinajstić information content (AvgIpc) is 3.77. The zero-order valence-corrected chi connectivity index (χ0v) is 30.8. The highest BCUT2D eigenvalue weighted by Gasteiger charge is 2.56. The number of thiazole rings is 2. The lowest BCUT2D eigenvalue weighted by atomic mass is 9.87. The number of anilines is 2. The lowest BCUT2D eigenvalue weighted by molar-refractivity contribution is -0.165. The second-order valence-electron chi connectivity index (χ2n) is 12.5. The van der Waals surface area contributed by atoms with Crippen molar-refractivity contribution in [3.63, 3.8) is 0 Å². The van der Waals surface area contributed by atoms with E-state index in [1.54, 1.807) is 0 Å². The van der Waals surface area contributed by atoms with Crippen LogP contribution in [0.3, 0.4) is 0 Å². The molecule has 2 unspecified atom stereocenters. The fourth-order valence-corrected chi connectivity index (χ4v) is 10.9. The maximum Gasteiger partial charge on any atom is 0.326 e. The maximum absolute atomic E-state index is 13.5. The molecule has 21 heteroatoms. The number of nitrogens with zero attached hydrogens (tertiary/aromatic N) is 4. The van der Waals surface area contributed by atoms with Crippen molar-refractivity contribution in [2.45, 2.75) is 61.4 Å². The van der Waals surface area contributed by atoms with E-state index >= 15 is 0 Å². The maximum atomic E-state index is 13.5. The minimum Gasteiger partial charge on any atom is -0.481 e. The summed E-state index contributed by atoms with van der Waals surface area (Å²) in [6.45, 7) is 0. The summed E-state index contributed by atoms with van der Waals surface area (Å²) in [5.41, 5.74) is 6.02. The molecule has 4 saturated heterocycles. The minimum atomic E-state index is -1.21. The van der Waals surface area contributed by atoms with Crippen LogP contribution < -0.4 is 11.1 Å². The Balaban J connectivity index is 1.10. The lowest BCUT2D eigenvalue weighted by Gasteiger charge is -2.52. The van der Waals surface area contributed by atoms with Gasteiger partial charge in [0, 0.05) is 34.7 Å². The fraction of sp³-hybridized carbons (Fsp3) is 0.438. The van der Waals surface area contributed by atoms with Crippen LogP contribution in [0.15, 0.2) is 22.9 Å². The lowest BCUT2D eigenvalue weighted by Crippen LogP contribution is -2.67. The van der Waals surface area contributed by atoms with E-state index in [9.17, 15) is 48.6 Å². The molecule has 0 aliphatic carbocycles. The molecule has 0 aromatic carbocycles. The zero-order valence-electron chi connectivity index (χ0n) is 27.5. The van der Waals surface area contributed by atoms with Crippen molar-refractivity contribution < 1.29 is 53.7 Å². The normalized spacial score (nSPS) is 25.4. The Labute approximate surface area is 317 Å². The van der Waals surface area contributed by atoms with Crippen LogP contribution in [0.4, 0.5) is 10.3 Å². The molecular weight excluding hydrogens is 773 g/mol. The SMILES string of the molecule is Nc1nc(/C(=C/CC(=O)O)C(=O)C[C@@H]2C(=O)N3C(C(=O)Nc4nc(/C(=C/CC(=O)O)C(=O)C[C@@H]5C(=O)N6C(C(=O)O)CCS[C@H]56)cs4)CCS[C@H]23)cs1. The van der Waals surface area contributed by atoms with Crippen LogP contribution in [0.5, 0.6) is 0 Å². The Hall–Kier alpha value is -4.60. The summed E-state index contributed by atoms with van der Waals surface area (Å²) in [6, 6.07) is -1.84. The second kappa shape index (κ2) is 15.8. The first-order chi connectivity index (χ1) is 25.2. The summed E-state index contributed by atoms with van der Waals surface area (Å²) in [4.78, 5) is 112. The summed E-state index contributed by atoms with van der Waals surface area (Å²) in [5.74, 6) is -6.41. The molecule has 4 aliphatic rings. The molecular formula is C32H32N6O11S4. The summed E-state index contributed by atoms with van der Waals surface area (Å²) < 4.78 is 0. The van der Waals surface area contributed by atoms with Gasteiger partial charge in [0.25, 0.3) is 0 Å². The third-order valence-corrected chi connectivity index (χ3v) is 13.3. The Morgan fingerprint density at radius 1 is 0.774 bits per heavy atom. The summed E-state index contributed by atoms with van der Waals surface area (Å²) in [5, 5.41) is 33.0. The van der Waals surface area contributed by atoms with Gasteiger partial charge in [-0.25, -0.2) is 14.8 Å². The first-order valence-corrected chi connectivity index (χ1v) is 20.1. The number of hydrogen-bond donors (Lipinski definition) is 5. The largest absolute Gasteiger partial charge is 0.481 e. The molecule has 6 heterocycles. The number of carbonyl (C=O) groups is 8. The van der Waals surface area contributed by atoms with Crippen LogP contribution in [0.1, 0.15) is 49.9 Å². The fourth-order valence-electron chi connectivity index (χ4n) is 6.69. The van der Waals surface area contributed by atoms with Gasteiger partial charge in [-0.15, -0.1) is 46.2 Å². The molecule has 4 aliphatic heterocycles. The highest BCUT2D eigenvalue weighted by atomic mass is 32.2. The Bertz CT molecular complexity index is 1960. The van der Waals surface area contributed by atoms with Crippen molar-refractivity contribution in [2.24, 2.45) is 11.8 Å². The quantitative estimate of drug-likeness (QED) is 0.127. The average molecular weight is 805 g/mol. The highest BCUT2D eigenvalue weighted by Crippen LogP contribution is 2.46. The van der Waals surface area contributed by atoms with Crippen LogP contribution in [0.2, 0.25) is 0 Å².